The standard InChI is InChI=1S/C12H11NO4S2/c1-2-19(15,16)17-10-8-13-12(18-10)11(14)9-6-4-3-5-7-9/h3-8H,2H2,1H3. The van der Waals surface area contributed by atoms with Crippen LogP contribution in [0.5, 0.6) is 5.06 Å². The highest BCUT2D eigenvalue weighted by Crippen LogP contribution is 2.25. The first-order chi connectivity index (χ1) is 9.02. The van der Waals surface area contributed by atoms with E-state index in [1.165, 1.54) is 13.1 Å². The summed E-state index contributed by atoms with van der Waals surface area (Å²) in [5, 5.41) is 0.300. The SMILES string of the molecule is CCS(=O)(=O)Oc1cnc(C(=O)c2ccccc2)s1. The zero-order valence-corrected chi connectivity index (χ0v) is 11.7. The van der Waals surface area contributed by atoms with Crippen LogP contribution in [-0.4, -0.2) is 24.9 Å². The van der Waals surface area contributed by atoms with E-state index in [9.17, 15) is 13.2 Å². The minimum Gasteiger partial charge on any atom is -0.369 e. The summed E-state index contributed by atoms with van der Waals surface area (Å²) in [6, 6.07) is 8.65. The lowest BCUT2D eigenvalue weighted by Crippen LogP contribution is -2.10. The number of nitrogens with zero attached hydrogens (tertiary/aromatic N) is 1. The molecular formula is C12H11NO4S2. The smallest absolute Gasteiger partial charge is 0.309 e. The van der Waals surface area contributed by atoms with Gasteiger partial charge in [-0.05, 0) is 6.92 Å². The van der Waals surface area contributed by atoms with Gasteiger partial charge < -0.3 is 4.18 Å². The summed E-state index contributed by atoms with van der Waals surface area (Å²) in [6.07, 6.45) is 1.24. The molecule has 0 bridgehead atoms. The van der Waals surface area contributed by atoms with Gasteiger partial charge in [-0.3, -0.25) is 4.79 Å². The van der Waals surface area contributed by atoms with Gasteiger partial charge in [0, 0.05) is 5.56 Å². The highest BCUT2D eigenvalue weighted by Gasteiger charge is 2.17. The first-order valence-electron chi connectivity index (χ1n) is 5.49. The fraction of sp³-hybridized carbons (Fsp3) is 0.167. The van der Waals surface area contributed by atoms with E-state index < -0.39 is 10.1 Å². The number of aromatic nitrogens is 1. The molecule has 5 nitrogen and oxygen atoms in total. The van der Waals surface area contributed by atoms with Crippen LogP contribution in [-0.2, 0) is 10.1 Å². The molecule has 0 saturated carbocycles. The predicted molar refractivity (Wildman–Crippen MR) is 72.1 cm³/mol. The van der Waals surface area contributed by atoms with E-state index in [0.717, 1.165) is 11.3 Å². The van der Waals surface area contributed by atoms with Gasteiger partial charge >= 0.3 is 10.1 Å². The summed E-state index contributed by atoms with van der Waals surface area (Å²) >= 11 is 0.916. The molecule has 1 aromatic carbocycles. The van der Waals surface area contributed by atoms with Crippen molar-refractivity contribution in [3.05, 3.63) is 47.1 Å². The highest BCUT2D eigenvalue weighted by atomic mass is 32.2. The fourth-order valence-electron chi connectivity index (χ4n) is 1.30. The molecular weight excluding hydrogens is 286 g/mol. The molecule has 100 valence electrons. The third-order valence-electron chi connectivity index (χ3n) is 2.28. The number of rotatable bonds is 5. The Hall–Kier alpha value is -1.73. The maximum atomic E-state index is 12.0. The number of hydrogen-bond acceptors (Lipinski definition) is 6. The molecule has 0 atom stereocenters. The lowest BCUT2D eigenvalue weighted by Gasteiger charge is -1.99. The number of carbonyl (C=O) groups is 1. The van der Waals surface area contributed by atoms with Crippen molar-refractivity contribution in [2.24, 2.45) is 0 Å². The van der Waals surface area contributed by atoms with Gasteiger partial charge in [-0.2, -0.15) is 8.42 Å². The van der Waals surface area contributed by atoms with Gasteiger partial charge in [0.1, 0.15) is 0 Å². The molecule has 0 aliphatic carbocycles. The molecule has 1 aromatic heterocycles. The molecule has 0 spiro atoms. The topological polar surface area (TPSA) is 73.3 Å². The molecule has 0 saturated heterocycles. The van der Waals surface area contributed by atoms with Gasteiger partial charge in [-0.25, -0.2) is 4.98 Å². The molecule has 2 rings (SSSR count). The monoisotopic (exact) mass is 297 g/mol. The fourth-order valence-corrected chi connectivity index (χ4v) is 2.77. The molecule has 2 aromatic rings. The Kier molecular flexibility index (Phi) is 3.96. The largest absolute Gasteiger partial charge is 0.369 e. The van der Waals surface area contributed by atoms with Crippen LogP contribution < -0.4 is 4.18 Å². The minimum atomic E-state index is -3.59. The quantitative estimate of drug-likeness (QED) is 0.624. The van der Waals surface area contributed by atoms with Crippen molar-refractivity contribution in [2.45, 2.75) is 6.92 Å². The van der Waals surface area contributed by atoms with Crippen molar-refractivity contribution in [2.75, 3.05) is 5.75 Å². The molecule has 0 radical (unpaired) electrons. The molecule has 0 unspecified atom stereocenters. The van der Waals surface area contributed by atoms with Crippen LogP contribution in [0.3, 0.4) is 0 Å². The van der Waals surface area contributed by atoms with Gasteiger partial charge in [0.15, 0.2) is 5.01 Å². The number of ketones is 1. The zero-order valence-electron chi connectivity index (χ0n) is 10.1. The zero-order chi connectivity index (χ0) is 13.9. The number of carbonyl (C=O) groups excluding carboxylic acids is 1. The summed E-state index contributed by atoms with van der Waals surface area (Å²) in [5.41, 5.74) is 0.502. The van der Waals surface area contributed by atoms with Gasteiger partial charge in [0.05, 0.1) is 11.9 Å². The average Bonchev–Trinajstić information content (AvgIpc) is 2.86. The summed E-state index contributed by atoms with van der Waals surface area (Å²) in [7, 11) is -3.59. The molecule has 0 aliphatic heterocycles. The van der Waals surface area contributed by atoms with E-state index >= 15 is 0 Å². The molecule has 0 aliphatic rings. The van der Waals surface area contributed by atoms with E-state index in [-0.39, 0.29) is 21.6 Å². The first kappa shape index (κ1) is 13.7. The Morgan fingerprint density at radius 3 is 2.63 bits per heavy atom. The van der Waals surface area contributed by atoms with Crippen LogP contribution in [0, 0.1) is 0 Å². The number of hydrogen-bond donors (Lipinski definition) is 0. The van der Waals surface area contributed by atoms with Crippen LogP contribution in [0.1, 0.15) is 22.3 Å². The Labute approximate surface area is 115 Å². The van der Waals surface area contributed by atoms with E-state index in [1.54, 1.807) is 30.3 Å². The van der Waals surface area contributed by atoms with Gasteiger partial charge in [0.2, 0.25) is 10.8 Å². The van der Waals surface area contributed by atoms with Crippen molar-refractivity contribution in [3.63, 3.8) is 0 Å². The van der Waals surface area contributed by atoms with Gasteiger partial charge in [-0.1, -0.05) is 41.7 Å². The normalized spacial score (nSPS) is 11.2. The second-order valence-electron chi connectivity index (χ2n) is 3.61. The second kappa shape index (κ2) is 5.50. The van der Waals surface area contributed by atoms with Gasteiger partial charge in [0.25, 0.3) is 0 Å². The maximum absolute atomic E-state index is 12.0. The summed E-state index contributed by atoms with van der Waals surface area (Å²) in [6.45, 7) is 1.48. The van der Waals surface area contributed by atoms with Crippen molar-refractivity contribution in [1.29, 1.82) is 0 Å². The molecule has 0 amide bonds. The molecule has 7 heteroatoms. The maximum Gasteiger partial charge on any atom is 0.309 e. The van der Waals surface area contributed by atoms with Crippen molar-refractivity contribution in [1.82, 2.24) is 4.98 Å². The molecule has 19 heavy (non-hydrogen) atoms. The Bertz CT molecular complexity index is 677. The van der Waals surface area contributed by atoms with Crippen LogP contribution in [0.15, 0.2) is 36.5 Å². The summed E-state index contributed by atoms with van der Waals surface area (Å²) in [5.74, 6) is -0.387. The average molecular weight is 297 g/mol. The molecule has 0 N–H and O–H groups in total. The van der Waals surface area contributed by atoms with Crippen molar-refractivity contribution >= 4 is 27.2 Å². The number of thiazole rings is 1. The van der Waals surface area contributed by atoms with E-state index in [2.05, 4.69) is 4.98 Å². The predicted octanol–water partition coefficient (Wildman–Crippen LogP) is 2.10. The van der Waals surface area contributed by atoms with E-state index in [4.69, 9.17) is 4.18 Å². The lowest BCUT2D eigenvalue weighted by atomic mass is 10.1. The van der Waals surface area contributed by atoms with Crippen molar-refractivity contribution < 1.29 is 17.4 Å². The summed E-state index contributed by atoms with van der Waals surface area (Å²) in [4.78, 5) is 15.9. The van der Waals surface area contributed by atoms with Gasteiger partial charge in [-0.15, -0.1) is 0 Å². The molecule has 0 fully saturated rings. The number of benzene rings is 1. The van der Waals surface area contributed by atoms with E-state index in [0.29, 0.717) is 5.56 Å². The van der Waals surface area contributed by atoms with Crippen LogP contribution >= 0.6 is 11.3 Å². The molecule has 1 heterocycles. The third kappa shape index (κ3) is 3.39. The van der Waals surface area contributed by atoms with Crippen LogP contribution in [0.2, 0.25) is 0 Å². The Morgan fingerprint density at radius 2 is 2.00 bits per heavy atom. The van der Waals surface area contributed by atoms with Crippen LogP contribution in [0.4, 0.5) is 0 Å². The lowest BCUT2D eigenvalue weighted by molar-refractivity contribution is 0.103. The van der Waals surface area contributed by atoms with Crippen molar-refractivity contribution in [3.8, 4) is 5.06 Å². The van der Waals surface area contributed by atoms with E-state index in [1.807, 2.05) is 0 Å². The Morgan fingerprint density at radius 1 is 1.32 bits per heavy atom. The highest BCUT2D eigenvalue weighted by molar-refractivity contribution is 7.87. The van der Waals surface area contributed by atoms with Crippen LogP contribution in [0.25, 0.3) is 0 Å². The summed E-state index contributed by atoms with van der Waals surface area (Å²) < 4.78 is 27.4. The Balaban J connectivity index is 2.20. The first-order valence-corrected chi connectivity index (χ1v) is 7.89. The third-order valence-corrected chi connectivity index (χ3v) is 4.40. The minimum absolute atomic E-state index is 0.0983. The second-order valence-corrected chi connectivity index (χ2v) is 6.46.